The summed E-state index contributed by atoms with van der Waals surface area (Å²) in [5, 5.41) is 16.3. The first-order chi connectivity index (χ1) is 15.3. The van der Waals surface area contributed by atoms with Crippen LogP contribution in [0.4, 0.5) is 20.2 Å². The standard InChI is InChI=1S/C21H23F2N5O4/c1-2-32-26-12-6-27(9-21(12)7-25-8-21)18-14(22)16(24)13-17(15(18)23)28(10-3-4-10)5-11(19(13)29)20(30)31/h5,10,25H,2-4,6-9,24H2,1H3,(H,30,31)/b26-12-. The Labute approximate surface area is 181 Å². The number of fused-ring (bicyclic) bond motifs is 1. The van der Waals surface area contributed by atoms with Crippen molar-refractivity contribution in [2.75, 3.05) is 43.4 Å². The van der Waals surface area contributed by atoms with E-state index in [1.54, 1.807) is 6.92 Å². The number of halogens is 2. The number of anilines is 2. The summed E-state index contributed by atoms with van der Waals surface area (Å²) < 4.78 is 32.8. The van der Waals surface area contributed by atoms with Crippen LogP contribution in [0.3, 0.4) is 0 Å². The predicted octanol–water partition coefficient (Wildman–Crippen LogP) is 1.70. The summed E-state index contributed by atoms with van der Waals surface area (Å²) in [7, 11) is 0. The van der Waals surface area contributed by atoms with Gasteiger partial charge in [-0.25, -0.2) is 13.6 Å². The zero-order valence-electron chi connectivity index (χ0n) is 17.5. The van der Waals surface area contributed by atoms with E-state index in [1.165, 1.54) is 9.47 Å². The largest absolute Gasteiger partial charge is 0.477 e. The Kier molecular flexibility index (Phi) is 4.63. The van der Waals surface area contributed by atoms with Crippen molar-refractivity contribution in [3.05, 3.63) is 33.6 Å². The first-order valence-electron chi connectivity index (χ1n) is 10.5. The van der Waals surface area contributed by atoms with Gasteiger partial charge in [-0.15, -0.1) is 0 Å². The minimum absolute atomic E-state index is 0.154. The molecule has 5 rings (SSSR count). The van der Waals surface area contributed by atoms with Crippen molar-refractivity contribution in [1.82, 2.24) is 9.88 Å². The quantitative estimate of drug-likeness (QED) is 0.471. The van der Waals surface area contributed by atoms with E-state index in [9.17, 15) is 14.7 Å². The van der Waals surface area contributed by atoms with Crippen LogP contribution in [0, 0.1) is 17.0 Å². The molecule has 2 saturated heterocycles. The maximum Gasteiger partial charge on any atom is 0.341 e. The van der Waals surface area contributed by atoms with Crippen molar-refractivity contribution in [2.24, 2.45) is 10.6 Å². The zero-order chi connectivity index (χ0) is 22.8. The number of nitrogens with zero attached hydrogens (tertiary/aromatic N) is 3. The lowest BCUT2D eigenvalue weighted by atomic mass is 9.79. The molecule has 2 aromatic rings. The molecule has 3 aliphatic rings. The highest BCUT2D eigenvalue weighted by molar-refractivity contribution is 6.02. The Morgan fingerprint density at radius 1 is 1.38 bits per heavy atom. The molecule has 4 N–H and O–H groups in total. The number of carbonyl (C=O) groups is 1. The molecule has 32 heavy (non-hydrogen) atoms. The smallest absolute Gasteiger partial charge is 0.341 e. The highest BCUT2D eigenvalue weighted by atomic mass is 19.1. The molecule has 3 fully saturated rings. The number of nitrogens with one attached hydrogen (secondary N) is 1. The first-order valence-corrected chi connectivity index (χ1v) is 10.5. The van der Waals surface area contributed by atoms with Crippen LogP contribution in [-0.2, 0) is 4.84 Å². The third kappa shape index (κ3) is 2.87. The molecule has 9 nitrogen and oxygen atoms in total. The van der Waals surface area contributed by atoms with E-state index >= 15 is 8.78 Å². The maximum atomic E-state index is 15.9. The lowest BCUT2D eigenvalue weighted by molar-refractivity contribution is 0.0695. The number of aromatic nitrogens is 1. The normalized spacial score (nSPS) is 20.8. The fourth-order valence-electron chi connectivity index (χ4n) is 4.65. The molecule has 0 amide bonds. The molecule has 170 valence electrons. The molecule has 2 aliphatic heterocycles. The molecular weight excluding hydrogens is 424 g/mol. The summed E-state index contributed by atoms with van der Waals surface area (Å²) >= 11 is 0. The van der Waals surface area contributed by atoms with E-state index in [0.29, 0.717) is 44.8 Å². The van der Waals surface area contributed by atoms with Crippen LogP contribution in [-0.4, -0.2) is 54.1 Å². The van der Waals surface area contributed by atoms with Crippen LogP contribution in [0.15, 0.2) is 16.1 Å². The molecule has 1 saturated carbocycles. The Bertz CT molecular complexity index is 1230. The molecule has 0 bridgehead atoms. The third-order valence-corrected chi connectivity index (χ3v) is 6.53. The van der Waals surface area contributed by atoms with Crippen LogP contribution in [0.25, 0.3) is 10.9 Å². The molecule has 1 spiro atoms. The predicted molar refractivity (Wildman–Crippen MR) is 114 cm³/mol. The van der Waals surface area contributed by atoms with Gasteiger partial charge < -0.3 is 30.5 Å². The zero-order valence-corrected chi connectivity index (χ0v) is 17.5. The molecule has 0 unspecified atom stereocenters. The fraction of sp³-hybridized carbons (Fsp3) is 0.476. The van der Waals surface area contributed by atoms with Crippen molar-refractivity contribution in [3.63, 3.8) is 0 Å². The number of pyridine rings is 1. The Morgan fingerprint density at radius 3 is 2.66 bits per heavy atom. The summed E-state index contributed by atoms with van der Waals surface area (Å²) in [6, 6.07) is -0.167. The Balaban J connectivity index is 1.72. The van der Waals surface area contributed by atoms with Crippen molar-refractivity contribution < 1.29 is 23.5 Å². The number of nitrogens with two attached hydrogens (primary N) is 1. The fourth-order valence-corrected chi connectivity index (χ4v) is 4.65. The van der Waals surface area contributed by atoms with Gasteiger partial charge in [-0.3, -0.25) is 4.79 Å². The molecule has 1 aromatic heterocycles. The Morgan fingerprint density at radius 2 is 2.09 bits per heavy atom. The van der Waals surface area contributed by atoms with Crippen molar-refractivity contribution in [2.45, 2.75) is 25.8 Å². The summed E-state index contributed by atoms with van der Waals surface area (Å²) in [4.78, 5) is 31.1. The molecule has 1 aromatic carbocycles. The van der Waals surface area contributed by atoms with Gasteiger partial charge in [0.15, 0.2) is 11.6 Å². The lowest BCUT2D eigenvalue weighted by Crippen LogP contribution is -2.58. The number of rotatable bonds is 5. The molecule has 0 atom stereocenters. The van der Waals surface area contributed by atoms with Crippen LogP contribution in [0.5, 0.6) is 0 Å². The van der Waals surface area contributed by atoms with Gasteiger partial charge in [0.25, 0.3) is 0 Å². The van der Waals surface area contributed by atoms with Gasteiger partial charge in [0, 0.05) is 31.9 Å². The SMILES string of the molecule is CCO/N=C1/CN(c2c(F)c(N)c3c(=O)c(C(=O)O)cn(C4CC4)c3c2F)CC12CNC2. The van der Waals surface area contributed by atoms with Gasteiger partial charge in [0.1, 0.15) is 17.9 Å². The van der Waals surface area contributed by atoms with Gasteiger partial charge in [-0.2, -0.15) is 0 Å². The van der Waals surface area contributed by atoms with Crippen molar-refractivity contribution in [3.8, 4) is 0 Å². The van der Waals surface area contributed by atoms with E-state index < -0.39 is 39.7 Å². The van der Waals surface area contributed by atoms with Gasteiger partial charge in [-0.05, 0) is 19.8 Å². The van der Waals surface area contributed by atoms with Crippen LogP contribution in [0.1, 0.15) is 36.2 Å². The van der Waals surface area contributed by atoms with E-state index in [1.807, 2.05) is 0 Å². The third-order valence-electron chi connectivity index (χ3n) is 6.53. The molecular formula is C21H23F2N5O4. The minimum Gasteiger partial charge on any atom is -0.477 e. The monoisotopic (exact) mass is 447 g/mol. The summed E-state index contributed by atoms with van der Waals surface area (Å²) in [5.41, 5.74) is 3.71. The second-order valence-corrected chi connectivity index (χ2v) is 8.63. The maximum absolute atomic E-state index is 15.9. The van der Waals surface area contributed by atoms with Gasteiger partial charge in [-0.1, -0.05) is 5.16 Å². The second kappa shape index (κ2) is 7.16. The summed E-state index contributed by atoms with van der Waals surface area (Å²) in [6.45, 7) is 3.85. The number of benzene rings is 1. The van der Waals surface area contributed by atoms with Crippen LogP contribution < -0.4 is 21.4 Å². The average molecular weight is 447 g/mol. The van der Waals surface area contributed by atoms with E-state index in [4.69, 9.17) is 10.6 Å². The van der Waals surface area contributed by atoms with E-state index in [-0.39, 0.29) is 29.2 Å². The first kappa shape index (κ1) is 20.7. The van der Waals surface area contributed by atoms with Crippen LogP contribution in [0.2, 0.25) is 0 Å². The number of hydrogen-bond acceptors (Lipinski definition) is 7. The van der Waals surface area contributed by atoms with Gasteiger partial charge in [0.2, 0.25) is 5.43 Å². The topological polar surface area (TPSA) is 122 Å². The number of hydrogen-bond donors (Lipinski definition) is 3. The van der Waals surface area contributed by atoms with E-state index in [2.05, 4.69) is 10.5 Å². The number of carboxylic acids is 1. The molecule has 1 aliphatic carbocycles. The highest BCUT2D eigenvalue weighted by Crippen LogP contribution is 2.44. The summed E-state index contributed by atoms with van der Waals surface area (Å²) in [5.74, 6) is -3.46. The average Bonchev–Trinajstić information content (AvgIpc) is 3.49. The Hall–Kier alpha value is -3.21. The van der Waals surface area contributed by atoms with Gasteiger partial charge >= 0.3 is 5.97 Å². The van der Waals surface area contributed by atoms with E-state index in [0.717, 1.165) is 6.20 Å². The highest BCUT2D eigenvalue weighted by Gasteiger charge is 2.50. The van der Waals surface area contributed by atoms with Crippen molar-refractivity contribution >= 4 is 34.0 Å². The van der Waals surface area contributed by atoms with Gasteiger partial charge in [0.05, 0.1) is 34.3 Å². The molecule has 3 heterocycles. The lowest BCUT2D eigenvalue weighted by Gasteiger charge is -2.39. The second-order valence-electron chi connectivity index (χ2n) is 8.63. The number of aromatic carboxylic acids is 1. The van der Waals surface area contributed by atoms with Crippen LogP contribution >= 0.6 is 0 Å². The number of carboxylic acid groups (broad SMARTS) is 1. The van der Waals surface area contributed by atoms with Crippen molar-refractivity contribution in [1.29, 1.82) is 0 Å². The minimum atomic E-state index is -1.47. The molecule has 0 radical (unpaired) electrons. The summed E-state index contributed by atoms with van der Waals surface area (Å²) in [6.07, 6.45) is 2.54. The number of oxime groups is 1. The number of nitrogen functional groups attached to an aromatic ring is 1. The molecule has 11 heteroatoms.